The van der Waals surface area contributed by atoms with Crippen LogP contribution in [0, 0.1) is 13.8 Å². The molecule has 0 aliphatic rings. The summed E-state index contributed by atoms with van der Waals surface area (Å²) in [6, 6.07) is 17.7. The minimum absolute atomic E-state index is 0.0484. The van der Waals surface area contributed by atoms with E-state index in [9.17, 15) is 4.79 Å². The normalized spacial score (nSPS) is 10.6. The van der Waals surface area contributed by atoms with E-state index < -0.39 is 0 Å². The van der Waals surface area contributed by atoms with Gasteiger partial charge in [0.25, 0.3) is 0 Å². The Hall–Kier alpha value is -2.73. The molecular formula is C21H23N3O2S. The maximum absolute atomic E-state index is 12.4. The minimum atomic E-state index is -0.0484. The summed E-state index contributed by atoms with van der Waals surface area (Å²) < 4.78 is 7.28. The Morgan fingerprint density at radius 3 is 2.48 bits per heavy atom. The van der Waals surface area contributed by atoms with Gasteiger partial charge in [0, 0.05) is 4.90 Å². The lowest BCUT2D eigenvalue weighted by Gasteiger charge is -2.08. The van der Waals surface area contributed by atoms with Gasteiger partial charge >= 0.3 is 0 Å². The molecule has 0 unspecified atom stereocenters. The SMILES string of the molecule is CCOc1ccc(SCC(=O)Nc2c(C)nn(-c3ccccc3)c2C)cc1. The van der Waals surface area contributed by atoms with Gasteiger partial charge in [-0.1, -0.05) is 18.2 Å². The molecule has 140 valence electrons. The predicted octanol–water partition coefficient (Wildman–Crippen LogP) is 4.62. The number of hydrogen-bond donors (Lipinski definition) is 1. The fraction of sp³-hybridized carbons (Fsp3) is 0.238. The van der Waals surface area contributed by atoms with Crippen LogP contribution in [0.3, 0.4) is 0 Å². The van der Waals surface area contributed by atoms with Gasteiger partial charge in [-0.3, -0.25) is 4.79 Å². The number of aryl methyl sites for hydroxylation is 1. The number of anilines is 1. The minimum Gasteiger partial charge on any atom is -0.494 e. The Bertz CT molecular complexity index is 905. The maximum atomic E-state index is 12.4. The monoisotopic (exact) mass is 381 g/mol. The molecule has 1 aromatic heterocycles. The van der Waals surface area contributed by atoms with Crippen LogP contribution in [0.2, 0.25) is 0 Å². The van der Waals surface area contributed by atoms with Gasteiger partial charge in [-0.25, -0.2) is 4.68 Å². The first kappa shape index (κ1) is 19.0. The first-order valence-corrected chi connectivity index (χ1v) is 9.84. The lowest BCUT2D eigenvalue weighted by atomic mass is 10.3. The fourth-order valence-corrected chi connectivity index (χ4v) is 3.47. The van der Waals surface area contributed by atoms with E-state index in [1.54, 1.807) is 0 Å². The molecule has 2 aromatic carbocycles. The Labute approximate surface area is 163 Å². The molecule has 6 heteroatoms. The third-order valence-electron chi connectivity index (χ3n) is 4.06. The number of ether oxygens (including phenoxy) is 1. The highest BCUT2D eigenvalue weighted by Gasteiger charge is 2.15. The van der Waals surface area contributed by atoms with E-state index in [2.05, 4.69) is 10.4 Å². The molecule has 3 rings (SSSR count). The van der Waals surface area contributed by atoms with Crippen molar-refractivity contribution >= 4 is 23.4 Å². The van der Waals surface area contributed by atoms with Crippen molar-refractivity contribution in [2.24, 2.45) is 0 Å². The largest absolute Gasteiger partial charge is 0.494 e. The Kier molecular flexibility index (Phi) is 6.19. The maximum Gasteiger partial charge on any atom is 0.234 e. The van der Waals surface area contributed by atoms with Crippen LogP contribution in [0.1, 0.15) is 18.3 Å². The average molecular weight is 382 g/mol. The van der Waals surface area contributed by atoms with Crippen LogP contribution in [0.25, 0.3) is 5.69 Å². The second-order valence-corrected chi connectivity index (χ2v) is 7.08. The number of aromatic nitrogens is 2. The Balaban J connectivity index is 1.63. The number of carbonyl (C=O) groups is 1. The van der Waals surface area contributed by atoms with Crippen molar-refractivity contribution in [1.82, 2.24) is 9.78 Å². The number of rotatable bonds is 7. The van der Waals surface area contributed by atoms with Gasteiger partial charge in [0.1, 0.15) is 5.75 Å². The van der Waals surface area contributed by atoms with Crippen molar-refractivity contribution in [2.45, 2.75) is 25.7 Å². The smallest absolute Gasteiger partial charge is 0.234 e. The lowest BCUT2D eigenvalue weighted by molar-refractivity contribution is -0.113. The van der Waals surface area contributed by atoms with Crippen molar-refractivity contribution in [2.75, 3.05) is 17.7 Å². The van der Waals surface area contributed by atoms with Gasteiger partial charge in [0.15, 0.2) is 0 Å². The van der Waals surface area contributed by atoms with E-state index in [1.807, 2.05) is 80.1 Å². The molecule has 0 bridgehead atoms. The van der Waals surface area contributed by atoms with Crippen molar-refractivity contribution in [3.05, 3.63) is 66.0 Å². The number of thioether (sulfide) groups is 1. The zero-order valence-electron chi connectivity index (χ0n) is 15.7. The topological polar surface area (TPSA) is 56.1 Å². The first-order valence-electron chi connectivity index (χ1n) is 8.85. The quantitative estimate of drug-likeness (QED) is 0.607. The zero-order chi connectivity index (χ0) is 19.2. The molecule has 0 aliphatic carbocycles. The van der Waals surface area contributed by atoms with Gasteiger partial charge in [-0.2, -0.15) is 5.10 Å². The van der Waals surface area contributed by atoms with Gasteiger partial charge in [0.2, 0.25) is 5.91 Å². The molecule has 0 saturated carbocycles. The van der Waals surface area contributed by atoms with Gasteiger partial charge in [-0.15, -0.1) is 11.8 Å². The fourth-order valence-electron chi connectivity index (χ4n) is 2.77. The molecule has 0 saturated heterocycles. The number of carbonyl (C=O) groups excluding carboxylic acids is 1. The molecule has 1 amide bonds. The number of nitrogens with one attached hydrogen (secondary N) is 1. The molecule has 5 nitrogen and oxygen atoms in total. The summed E-state index contributed by atoms with van der Waals surface area (Å²) in [7, 11) is 0. The average Bonchev–Trinajstić information content (AvgIpc) is 2.96. The van der Waals surface area contributed by atoms with Gasteiger partial charge in [0.05, 0.1) is 35.1 Å². The number of hydrogen-bond acceptors (Lipinski definition) is 4. The molecule has 27 heavy (non-hydrogen) atoms. The molecule has 0 radical (unpaired) electrons. The van der Waals surface area contributed by atoms with Crippen molar-refractivity contribution in [1.29, 1.82) is 0 Å². The van der Waals surface area contributed by atoms with E-state index in [0.717, 1.165) is 33.4 Å². The lowest BCUT2D eigenvalue weighted by Crippen LogP contribution is -2.15. The number of para-hydroxylation sites is 1. The van der Waals surface area contributed by atoms with Crippen LogP contribution in [-0.4, -0.2) is 28.0 Å². The summed E-state index contributed by atoms with van der Waals surface area (Å²) in [6.45, 7) is 6.46. The van der Waals surface area contributed by atoms with Crippen molar-refractivity contribution in [3.63, 3.8) is 0 Å². The predicted molar refractivity (Wildman–Crippen MR) is 110 cm³/mol. The summed E-state index contributed by atoms with van der Waals surface area (Å²) in [5.41, 5.74) is 3.47. The molecule has 0 atom stereocenters. The summed E-state index contributed by atoms with van der Waals surface area (Å²) in [5, 5.41) is 7.56. The molecule has 0 fully saturated rings. The standard InChI is InChI=1S/C21H23N3O2S/c1-4-26-18-10-12-19(13-11-18)27-14-20(25)22-21-15(2)23-24(16(21)3)17-8-6-5-7-9-17/h5-13H,4,14H2,1-3H3,(H,22,25). The Morgan fingerprint density at radius 2 is 1.81 bits per heavy atom. The molecule has 0 aliphatic heterocycles. The van der Waals surface area contributed by atoms with E-state index >= 15 is 0 Å². The van der Waals surface area contributed by atoms with Crippen LogP contribution in [-0.2, 0) is 4.79 Å². The molecule has 3 aromatic rings. The Morgan fingerprint density at radius 1 is 1.11 bits per heavy atom. The van der Waals surface area contributed by atoms with E-state index in [-0.39, 0.29) is 5.91 Å². The molecule has 0 spiro atoms. The van der Waals surface area contributed by atoms with E-state index in [0.29, 0.717) is 12.4 Å². The summed E-state index contributed by atoms with van der Waals surface area (Å²) in [5.74, 6) is 1.13. The molecule has 1 heterocycles. The number of benzene rings is 2. The second-order valence-electron chi connectivity index (χ2n) is 6.03. The zero-order valence-corrected chi connectivity index (χ0v) is 16.5. The van der Waals surface area contributed by atoms with E-state index in [4.69, 9.17) is 4.74 Å². The summed E-state index contributed by atoms with van der Waals surface area (Å²) in [4.78, 5) is 13.4. The van der Waals surface area contributed by atoms with Crippen LogP contribution < -0.4 is 10.1 Å². The summed E-state index contributed by atoms with van der Waals surface area (Å²) >= 11 is 1.49. The van der Waals surface area contributed by atoms with Crippen LogP contribution in [0.15, 0.2) is 59.5 Å². The third kappa shape index (κ3) is 4.71. The highest BCUT2D eigenvalue weighted by molar-refractivity contribution is 8.00. The highest BCUT2D eigenvalue weighted by atomic mass is 32.2. The van der Waals surface area contributed by atoms with Gasteiger partial charge in [-0.05, 0) is 57.2 Å². The van der Waals surface area contributed by atoms with E-state index in [1.165, 1.54) is 11.8 Å². The van der Waals surface area contributed by atoms with Crippen LogP contribution >= 0.6 is 11.8 Å². The van der Waals surface area contributed by atoms with Crippen molar-refractivity contribution in [3.8, 4) is 11.4 Å². The van der Waals surface area contributed by atoms with Crippen LogP contribution in [0.5, 0.6) is 5.75 Å². The number of amides is 1. The highest BCUT2D eigenvalue weighted by Crippen LogP contribution is 2.25. The molecular weight excluding hydrogens is 358 g/mol. The summed E-state index contributed by atoms with van der Waals surface area (Å²) in [6.07, 6.45) is 0. The first-order chi connectivity index (χ1) is 13.1. The molecule has 1 N–H and O–H groups in total. The van der Waals surface area contributed by atoms with Crippen molar-refractivity contribution < 1.29 is 9.53 Å². The van der Waals surface area contributed by atoms with Gasteiger partial charge < -0.3 is 10.1 Å². The van der Waals surface area contributed by atoms with Crippen LogP contribution in [0.4, 0.5) is 5.69 Å². The second kappa shape index (κ2) is 8.77. The third-order valence-corrected chi connectivity index (χ3v) is 5.07. The number of nitrogens with zero attached hydrogens (tertiary/aromatic N) is 2.